The van der Waals surface area contributed by atoms with Crippen LogP contribution in [0.15, 0.2) is 18.6 Å². The van der Waals surface area contributed by atoms with E-state index in [-0.39, 0.29) is 0 Å². The van der Waals surface area contributed by atoms with E-state index in [2.05, 4.69) is 39.1 Å². The molecule has 0 aliphatic carbocycles. The van der Waals surface area contributed by atoms with Gasteiger partial charge in [0.1, 0.15) is 5.82 Å². The van der Waals surface area contributed by atoms with Crippen molar-refractivity contribution in [3.8, 4) is 0 Å². The minimum atomic E-state index is 0.628. The highest BCUT2D eigenvalue weighted by Gasteiger charge is 2.18. The molecule has 1 aromatic rings. The SMILES string of the molecule is C[C@H](CCNc1cnccn1)N1CCN(C)CC1. The lowest BCUT2D eigenvalue weighted by Crippen LogP contribution is -2.48. The van der Waals surface area contributed by atoms with Crippen molar-refractivity contribution in [2.75, 3.05) is 45.1 Å². The van der Waals surface area contributed by atoms with E-state index >= 15 is 0 Å². The Morgan fingerprint density at radius 1 is 1.28 bits per heavy atom. The molecule has 0 aromatic carbocycles. The molecule has 1 fully saturated rings. The fourth-order valence-electron chi connectivity index (χ4n) is 2.24. The minimum absolute atomic E-state index is 0.628. The summed E-state index contributed by atoms with van der Waals surface area (Å²) in [7, 11) is 2.19. The van der Waals surface area contributed by atoms with Gasteiger partial charge in [0.25, 0.3) is 0 Å². The van der Waals surface area contributed by atoms with Crippen LogP contribution in [0.3, 0.4) is 0 Å². The number of rotatable bonds is 5. The fourth-order valence-corrected chi connectivity index (χ4v) is 2.24. The molecule has 0 bridgehead atoms. The first-order valence-electron chi connectivity index (χ1n) is 6.68. The summed E-state index contributed by atoms with van der Waals surface area (Å²) in [6.45, 7) is 7.99. The second-order valence-corrected chi connectivity index (χ2v) is 4.99. The number of anilines is 1. The number of piperazine rings is 1. The van der Waals surface area contributed by atoms with E-state index in [0.29, 0.717) is 6.04 Å². The fraction of sp³-hybridized carbons (Fsp3) is 0.692. The van der Waals surface area contributed by atoms with Gasteiger partial charge in [0.05, 0.1) is 6.20 Å². The molecule has 0 radical (unpaired) electrons. The number of aromatic nitrogens is 2. The smallest absolute Gasteiger partial charge is 0.144 e. The van der Waals surface area contributed by atoms with Crippen LogP contribution in [0.25, 0.3) is 0 Å². The Morgan fingerprint density at radius 2 is 2.06 bits per heavy atom. The summed E-state index contributed by atoms with van der Waals surface area (Å²) in [5.41, 5.74) is 0. The molecule has 0 unspecified atom stereocenters. The van der Waals surface area contributed by atoms with E-state index in [1.54, 1.807) is 18.6 Å². The van der Waals surface area contributed by atoms with Crippen LogP contribution in [-0.4, -0.2) is 65.6 Å². The average molecular weight is 249 g/mol. The van der Waals surface area contributed by atoms with Crippen molar-refractivity contribution in [2.45, 2.75) is 19.4 Å². The highest BCUT2D eigenvalue weighted by Crippen LogP contribution is 2.08. The number of nitrogens with zero attached hydrogens (tertiary/aromatic N) is 4. The summed E-state index contributed by atoms with van der Waals surface area (Å²) >= 11 is 0. The second kappa shape index (κ2) is 6.66. The zero-order chi connectivity index (χ0) is 12.8. The van der Waals surface area contributed by atoms with Gasteiger partial charge in [0.15, 0.2) is 0 Å². The Hall–Kier alpha value is -1.20. The molecular formula is C13H23N5. The topological polar surface area (TPSA) is 44.3 Å². The summed E-state index contributed by atoms with van der Waals surface area (Å²) in [5.74, 6) is 0.864. The van der Waals surface area contributed by atoms with Crippen molar-refractivity contribution in [1.29, 1.82) is 0 Å². The van der Waals surface area contributed by atoms with Crippen LogP contribution in [0.4, 0.5) is 5.82 Å². The molecule has 1 aliphatic rings. The van der Waals surface area contributed by atoms with Gasteiger partial charge in [-0.05, 0) is 20.4 Å². The highest BCUT2D eigenvalue weighted by molar-refractivity contribution is 5.29. The van der Waals surface area contributed by atoms with Gasteiger partial charge in [-0.3, -0.25) is 9.88 Å². The normalized spacial score (nSPS) is 19.7. The first kappa shape index (κ1) is 13.2. The van der Waals surface area contributed by atoms with E-state index < -0.39 is 0 Å². The van der Waals surface area contributed by atoms with Gasteiger partial charge < -0.3 is 10.2 Å². The molecule has 18 heavy (non-hydrogen) atoms. The van der Waals surface area contributed by atoms with E-state index in [1.165, 1.54) is 26.2 Å². The van der Waals surface area contributed by atoms with Gasteiger partial charge in [-0.2, -0.15) is 0 Å². The highest BCUT2D eigenvalue weighted by atomic mass is 15.3. The molecule has 100 valence electrons. The van der Waals surface area contributed by atoms with E-state index in [1.807, 2.05) is 0 Å². The third-order valence-electron chi connectivity index (χ3n) is 3.59. The van der Waals surface area contributed by atoms with E-state index in [0.717, 1.165) is 18.8 Å². The van der Waals surface area contributed by atoms with Crippen LogP contribution < -0.4 is 5.32 Å². The first-order valence-corrected chi connectivity index (χ1v) is 6.68. The second-order valence-electron chi connectivity index (χ2n) is 4.99. The monoisotopic (exact) mass is 249 g/mol. The van der Waals surface area contributed by atoms with Crippen molar-refractivity contribution in [3.05, 3.63) is 18.6 Å². The average Bonchev–Trinajstić information content (AvgIpc) is 2.40. The largest absolute Gasteiger partial charge is 0.369 e. The van der Waals surface area contributed by atoms with Gasteiger partial charge in [0, 0.05) is 51.2 Å². The molecule has 1 N–H and O–H groups in total. The maximum atomic E-state index is 4.20. The first-order chi connectivity index (χ1) is 8.75. The number of hydrogen-bond donors (Lipinski definition) is 1. The van der Waals surface area contributed by atoms with Gasteiger partial charge in [-0.25, -0.2) is 4.98 Å². The zero-order valence-electron chi connectivity index (χ0n) is 11.3. The Labute approximate surface area is 109 Å². The molecule has 2 rings (SSSR count). The quantitative estimate of drug-likeness (QED) is 0.840. The lowest BCUT2D eigenvalue weighted by Gasteiger charge is -2.36. The Bertz CT molecular complexity index is 334. The molecule has 0 saturated carbocycles. The van der Waals surface area contributed by atoms with Crippen molar-refractivity contribution >= 4 is 5.82 Å². The third kappa shape index (κ3) is 3.92. The van der Waals surface area contributed by atoms with Gasteiger partial charge in [0.2, 0.25) is 0 Å². The molecule has 1 aliphatic heterocycles. The zero-order valence-corrected chi connectivity index (χ0v) is 11.3. The molecule has 2 heterocycles. The number of nitrogens with one attached hydrogen (secondary N) is 1. The Kier molecular flexibility index (Phi) is 4.90. The van der Waals surface area contributed by atoms with Crippen molar-refractivity contribution in [1.82, 2.24) is 19.8 Å². The summed E-state index contributed by atoms with van der Waals surface area (Å²) in [4.78, 5) is 13.2. The predicted octanol–water partition coefficient (Wildman–Crippen LogP) is 0.914. The van der Waals surface area contributed by atoms with E-state index in [4.69, 9.17) is 0 Å². The lowest BCUT2D eigenvalue weighted by atomic mass is 10.1. The van der Waals surface area contributed by atoms with Crippen LogP contribution in [0.1, 0.15) is 13.3 Å². The summed E-state index contributed by atoms with van der Waals surface area (Å²) in [6.07, 6.45) is 6.31. The van der Waals surface area contributed by atoms with E-state index in [9.17, 15) is 0 Å². The molecule has 1 aromatic heterocycles. The van der Waals surface area contributed by atoms with Crippen molar-refractivity contribution in [2.24, 2.45) is 0 Å². The van der Waals surface area contributed by atoms with Crippen molar-refractivity contribution < 1.29 is 0 Å². The maximum Gasteiger partial charge on any atom is 0.144 e. The summed E-state index contributed by atoms with van der Waals surface area (Å²) in [5, 5.41) is 3.31. The molecule has 0 amide bonds. The predicted molar refractivity (Wildman–Crippen MR) is 73.7 cm³/mol. The number of hydrogen-bond acceptors (Lipinski definition) is 5. The minimum Gasteiger partial charge on any atom is -0.369 e. The van der Waals surface area contributed by atoms with Crippen LogP contribution in [0.2, 0.25) is 0 Å². The molecular weight excluding hydrogens is 226 g/mol. The molecule has 0 spiro atoms. The lowest BCUT2D eigenvalue weighted by molar-refractivity contribution is 0.116. The third-order valence-corrected chi connectivity index (χ3v) is 3.59. The van der Waals surface area contributed by atoms with Gasteiger partial charge >= 0.3 is 0 Å². The summed E-state index contributed by atoms with van der Waals surface area (Å²) < 4.78 is 0. The Balaban J connectivity index is 1.67. The van der Waals surface area contributed by atoms with Crippen LogP contribution >= 0.6 is 0 Å². The van der Waals surface area contributed by atoms with Gasteiger partial charge in [-0.15, -0.1) is 0 Å². The Morgan fingerprint density at radius 3 is 2.72 bits per heavy atom. The molecule has 1 atom stereocenters. The van der Waals surface area contributed by atoms with Gasteiger partial charge in [-0.1, -0.05) is 0 Å². The standard InChI is InChI=1S/C13H23N5/c1-12(18-9-7-17(2)8-10-18)3-4-15-13-11-14-5-6-16-13/h5-6,11-12H,3-4,7-10H2,1-2H3,(H,15,16)/t12-/m1/s1. The molecule has 5 heteroatoms. The van der Waals surface area contributed by atoms with Crippen LogP contribution in [0.5, 0.6) is 0 Å². The molecule has 1 saturated heterocycles. The van der Waals surface area contributed by atoms with Crippen LogP contribution in [0, 0.1) is 0 Å². The van der Waals surface area contributed by atoms with Crippen LogP contribution in [-0.2, 0) is 0 Å². The number of likely N-dealkylation sites (N-methyl/N-ethyl adjacent to an activating group) is 1. The molecule has 5 nitrogen and oxygen atoms in total. The van der Waals surface area contributed by atoms with Crippen molar-refractivity contribution in [3.63, 3.8) is 0 Å². The summed E-state index contributed by atoms with van der Waals surface area (Å²) in [6, 6.07) is 0.628. The maximum absolute atomic E-state index is 4.20.